The van der Waals surface area contributed by atoms with Crippen molar-refractivity contribution in [1.82, 2.24) is 14.4 Å². The molecule has 0 aliphatic carbocycles. The van der Waals surface area contributed by atoms with Crippen LogP contribution in [-0.4, -0.2) is 62.8 Å². The molecule has 0 unspecified atom stereocenters. The number of aromatic nitrogens is 1. The maximum absolute atomic E-state index is 13.2. The number of hydrogen-bond acceptors (Lipinski definition) is 5. The van der Waals surface area contributed by atoms with Crippen LogP contribution in [0, 0.1) is 0 Å². The van der Waals surface area contributed by atoms with Gasteiger partial charge in [0, 0.05) is 36.8 Å². The number of thioether (sulfide) groups is 1. The predicted octanol–water partition coefficient (Wildman–Crippen LogP) is 4.21. The van der Waals surface area contributed by atoms with E-state index in [1.54, 1.807) is 4.90 Å². The number of carbonyl (C=O) groups excluding carboxylic acids is 2. The van der Waals surface area contributed by atoms with Crippen molar-refractivity contribution >= 4 is 57.1 Å². The Morgan fingerprint density at radius 2 is 2.09 bits per heavy atom. The van der Waals surface area contributed by atoms with E-state index >= 15 is 0 Å². The molecule has 6 nitrogen and oxygen atoms in total. The highest BCUT2D eigenvalue weighted by Gasteiger charge is 2.35. The second-order valence-corrected chi connectivity index (χ2v) is 10.6. The molecule has 0 saturated carbocycles. The van der Waals surface area contributed by atoms with Crippen LogP contribution < -0.4 is 0 Å². The second-order valence-electron chi connectivity index (χ2n) is 8.89. The predicted molar refractivity (Wildman–Crippen MR) is 136 cm³/mol. The number of ether oxygens (including phenoxy) is 1. The molecule has 1 atom stereocenters. The van der Waals surface area contributed by atoms with Crippen LogP contribution in [0.1, 0.15) is 43.7 Å². The lowest BCUT2D eigenvalue weighted by atomic mass is 10.1. The van der Waals surface area contributed by atoms with E-state index < -0.39 is 0 Å². The number of carbonyl (C=O) groups is 2. The first-order chi connectivity index (χ1) is 16.0. The summed E-state index contributed by atoms with van der Waals surface area (Å²) in [6, 6.07) is 6.24. The molecular formula is C25H29N3O3S2. The lowest BCUT2D eigenvalue weighted by Gasteiger charge is -2.18. The van der Waals surface area contributed by atoms with Crippen LogP contribution in [0.15, 0.2) is 29.3 Å². The Balaban J connectivity index is 1.46. The number of thiocarbonyl (C=S) groups is 1. The molecule has 33 heavy (non-hydrogen) atoms. The number of para-hydroxylation sites is 1. The lowest BCUT2D eigenvalue weighted by Crippen LogP contribution is -2.35. The van der Waals surface area contributed by atoms with Gasteiger partial charge in [0.1, 0.15) is 10.9 Å². The van der Waals surface area contributed by atoms with Crippen molar-refractivity contribution in [3.8, 4) is 0 Å². The third-order valence-electron chi connectivity index (χ3n) is 6.73. The van der Waals surface area contributed by atoms with E-state index in [0.29, 0.717) is 22.3 Å². The van der Waals surface area contributed by atoms with Gasteiger partial charge in [0.05, 0.1) is 23.1 Å². The number of likely N-dealkylation sites (tertiary alicyclic amines) is 1. The van der Waals surface area contributed by atoms with Crippen molar-refractivity contribution < 1.29 is 14.3 Å². The maximum atomic E-state index is 13.2. The molecule has 0 spiro atoms. The second kappa shape index (κ2) is 9.60. The monoisotopic (exact) mass is 483 g/mol. The highest BCUT2D eigenvalue weighted by molar-refractivity contribution is 8.26. The molecule has 8 heteroatoms. The summed E-state index contributed by atoms with van der Waals surface area (Å²) in [5, 5.41) is 1.06. The number of nitrogens with zero attached hydrogens (tertiary/aromatic N) is 3. The molecule has 2 amide bonds. The van der Waals surface area contributed by atoms with Gasteiger partial charge in [-0.25, -0.2) is 0 Å². The Bertz CT molecular complexity index is 1130. The fraction of sp³-hybridized carbons (Fsp3) is 0.480. The van der Waals surface area contributed by atoms with Gasteiger partial charge in [0.25, 0.3) is 5.91 Å². The average Bonchev–Trinajstić information content (AvgIpc) is 3.61. The van der Waals surface area contributed by atoms with Crippen LogP contribution in [-0.2, 0) is 27.3 Å². The van der Waals surface area contributed by atoms with Crippen molar-refractivity contribution in [3.05, 3.63) is 40.4 Å². The summed E-state index contributed by atoms with van der Waals surface area (Å²) in [4.78, 5) is 30.3. The summed E-state index contributed by atoms with van der Waals surface area (Å²) in [6.07, 6.45) is 9.06. The minimum absolute atomic E-state index is 0.0545. The van der Waals surface area contributed by atoms with Gasteiger partial charge in [-0.05, 0) is 43.7 Å². The summed E-state index contributed by atoms with van der Waals surface area (Å²) in [5.74, 6) is 0.103. The van der Waals surface area contributed by atoms with E-state index in [0.717, 1.165) is 68.3 Å². The van der Waals surface area contributed by atoms with Crippen molar-refractivity contribution in [1.29, 1.82) is 0 Å². The maximum Gasteiger partial charge on any atom is 0.266 e. The normalized spacial score (nSPS) is 22.5. The fourth-order valence-electron chi connectivity index (χ4n) is 4.99. The highest BCUT2D eigenvalue weighted by Crippen LogP contribution is 2.36. The van der Waals surface area contributed by atoms with E-state index in [-0.39, 0.29) is 17.9 Å². The zero-order valence-electron chi connectivity index (χ0n) is 18.9. The number of aryl methyl sites for hydroxylation is 1. The zero-order chi connectivity index (χ0) is 22.9. The molecule has 3 aliphatic rings. The van der Waals surface area contributed by atoms with Crippen molar-refractivity contribution in [3.63, 3.8) is 0 Å². The first-order valence-corrected chi connectivity index (χ1v) is 13.0. The number of hydrogen-bond donors (Lipinski definition) is 0. The first kappa shape index (κ1) is 22.6. The Hall–Kier alpha value is -2.16. The molecule has 3 saturated heterocycles. The SMILES string of the molecule is CCc1cccc2c(/C=C3\SC(=S)N(C[C@H]4CCCO4)C3=O)cn(CC(=O)N3CCCC3)c12. The van der Waals surface area contributed by atoms with E-state index in [4.69, 9.17) is 17.0 Å². The minimum atomic E-state index is -0.0545. The average molecular weight is 484 g/mol. The molecule has 5 rings (SSSR count). The molecule has 2 aromatic rings. The summed E-state index contributed by atoms with van der Waals surface area (Å²) < 4.78 is 8.36. The van der Waals surface area contributed by atoms with E-state index in [2.05, 4.69) is 23.6 Å². The fourth-order valence-corrected chi connectivity index (χ4v) is 6.26. The third kappa shape index (κ3) is 4.48. The molecule has 4 heterocycles. The summed E-state index contributed by atoms with van der Waals surface area (Å²) in [5.41, 5.74) is 3.23. The van der Waals surface area contributed by atoms with Crippen LogP contribution in [0.4, 0.5) is 0 Å². The van der Waals surface area contributed by atoms with Crippen LogP contribution in [0.3, 0.4) is 0 Å². The third-order valence-corrected chi connectivity index (χ3v) is 8.11. The number of amides is 2. The van der Waals surface area contributed by atoms with E-state index in [1.165, 1.54) is 17.3 Å². The first-order valence-electron chi connectivity index (χ1n) is 11.8. The van der Waals surface area contributed by atoms with Gasteiger partial charge in [-0.15, -0.1) is 0 Å². The Kier molecular flexibility index (Phi) is 6.58. The molecule has 1 aromatic carbocycles. The molecular weight excluding hydrogens is 454 g/mol. The van der Waals surface area contributed by atoms with E-state index in [1.807, 2.05) is 23.2 Å². The summed E-state index contributed by atoms with van der Waals surface area (Å²) in [6.45, 7) is 5.42. The topological polar surface area (TPSA) is 54.8 Å². The molecule has 3 aliphatic heterocycles. The summed E-state index contributed by atoms with van der Waals surface area (Å²) in [7, 11) is 0. The number of rotatable bonds is 6. The minimum Gasteiger partial charge on any atom is -0.376 e. The molecule has 0 N–H and O–H groups in total. The number of fused-ring (bicyclic) bond motifs is 1. The molecule has 0 radical (unpaired) electrons. The van der Waals surface area contributed by atoms with Crippen LogP contribution in [0.2, 0.25) is 0 Å². The molecule has 174 valence electrons. The van der Waals surface area contributed by atoms with Gasteiger partial charge in [0.2, 0.25) is 5.91 Å². The van der Waals surface area contributed by atoms with Gasteiger partial charge in [0.15, 0.2) is 0 Å². The van der Waals surface area contributed by atoms with Gasteiger partial charge < -0.3 is 14.2 Å². The van der Waals surface area contributed by atoms with E-state index in [9.17, 15) is 9.59 Å². The van der Waals surface area contributed by atoms with Crippen molar-refractivity contribution in [2.45, 2.75) is 51.7 Å². The van der Waals surface area contributed by atoms with Crippen LogP contribution in [0.25, 0.3) is 17.0 Å². The Morgan fingerprint density at radius 3 is 2.82 bits per heavy atom. The standard InChI is InChI=1S/C25H29N3O3S2/c1-2-17-7-5-9-20-18(14-27(23(17)20)16-22(29)26-10-3-4-11-26)13-21-24(30)28(25(32)33-21)15-19-8-6-12-31-19/h5,7,9,13-14,19H,2-4,6,8,10-12,15-16H2,1H3/b21-13-/t19-/m1/s1. The zero-order valence-corrected chi connectivity index (χ0v) is 20.6. The molecule has 3 fully saturated rings. The summed E-state index contributed by atoms with van der Waals surface area (Å²) >= 11 is 6.87. The van der Waals surface area contributed by atoms with Crippen LogP contribution >= 0.6 is 24.0 Å². The van der Waals surface area contributed by atoms with Crippen LogP contribution in [0.5, 0.6) is 0 Å². The van der Waals surface area contributed by atoms with Gasteiger partial charge in [-0.1, -0.05) is 49.1 Å². The number of benzene rings is 1. The molecule has 1 aromatic heterocycles. The smallest absolute Gasteiger partial charge is 0.266 e. The van der Waals surface area contributed by atoms with Crippen molar-refractivity contribution in [2.75, 3.05) is 26.2 Å². The van der Waals surface area contributed by atoms with Gasteiger partial charge in [-0.2, -0.15) is 0 Å². The van der Waals surface area contributed by atoms with Gasteiger partial charge in [-0.3, -0.25) is 14.5 Å². The lowest BCUT2D eigenvalue weighted by molar-refractivity contribution is -0.130. The largest absolute Gasteiger partial charge is 0.376 e. The quantitative estimate of drug-likeness (QED) is 0.455. The Labute approximate surface area is 203 Å². The Morgan fingerprint density at radius 1 is 1.27 bits per heavy atom. The van der Waals surface area contributed by atoms with Crippen molar-refractivity contribution in [2.24, 2.45) is 0 Å². The molecule has 0 bridgehead atoms. The highest BCUT2D eigenvalue weighted by atomic mass is 32.2. The van der Waals surface area contributed by atoms with Gasteiger partial charge >= 0.3 is 0 Å².